The summed E-state index contributed by atoms with van der Waals surface area (Å²) in [6.07, 6.45) is 0. The SMILES string of the molecule is Cc1c(N)cc(S(=O)(=O)N2CCOC[C@H]2C)cc1Cl. The van der Waals surface area contributed by atoms with Gasteiger partial charge in [0.1, 0.15) is 0 Å². The molecule has 0 saturated carbocycles. The highest BCUT2D eigenvalue weighted by Gasteiger charge is 2.32. The molecule has 2 rings (SSSR count). The lowest BCUT2D eigenvalue weighted by Gasteiger charge is -2.32. The average Bonchev–Trinajstić information content (AvgIpc) is 2.35. The van der Waals surface area contributed by atoms with Crippen molar-refractivity contribution in [1.29, 1.82) is 0 Å². The number of nitrogens with two attached hydrogens (primary N) is 1. The maximum atomic E-state index is 12.6. The molecule has 0 aromatic heterocycles. The van der Waals surface area contributed by atoms with Crippen molar-refractivity contribution in [3.63, 3.8) is 0 Å². The second-order valence-electron chi connectivity index (χ2n) is 4.66. The Bertz CT molecular complexity index is 566. The van der Waals surface area contributed by atoms with Crippen molar-refractivity contribution in [2.75, 3.05) is 25.5 Å². The first-order chi connectivity index (χ1) is 8.84. The van der Waals surface area contributed by atoms with Gasteiger partial charge in [0.2, 0.25) is 10.0 Å². The fraction of sp³-hybridized carbons (Fsp3) is 0.500. The topological polar surface area (TPSA) is 72.6 Å². The Morgan fingerprint density at radius 1 is 1.47 bits per heavy atom. The number of morpholine rings is 1. The smallest absolute Gasteiger partial charge is 0.243 e. The highest BCUT2D eigenvalue weighted by molar-refractivity contribution is 7.89. The first kappa shape index (κ1) is 14.6. The quantitative estimate of drug-likeness (QED) is 0.843. The predicted molar refractivity (Wildman–Crippen MR) is 74.8 cm³/mol. The molecule has 5 nitrogen and oxygen atoms in total. The molecule has 1 heterocycles. The Hall–Kier alpha value is -0.820. The van der Waals surface area contributed by atoms with Crippen molar-refractivity contribution in [1.82, 2.24) is 4.31 Å². The van der Waals surface area contributed by atoms with Crippen LogP contribution in [-0.4, -0.2) is 38.5 Å². The molecule has 0 spiro atoms. The van der Waals surface area contributed by atoms with Gasteiger partial charge in [-0.2, -0.15) is 4.31 Å². The van der Waals surface area contributed by atoms with Crippen LogP contribution in [0.3, 0.4) is 0 Å². The van der Waals surface area contributed by atoms with Crippen LogP contribution in [-0.2, 0) is 14.8 Å². The van der Waals surface area contributed by atoms with Gasteiger partial charge in [-0.05, 0) is 31.5 Å². The van der Waals surface area contributed by atoms with Crippen LogP contribution in [0.1, 0.15) is 12.5 Å². The van der Waals surface area contributed by atoms with Crippen LogP contribution >= 0.6 is 11.6 Å². The number of halogens is 1. The van der Waals surface area contributed by atoms with E-state index in [1.165, 1.54) is 16.4 Å². The fourth-order valence-corrected chi connectivity index (χ4v) is 3.98. The molecular weight excluding hydrogens is 288 g/mol. The van der Waals surface area contributed by atoms with Gasteiger partial charge in [0.25, 0.3) is 0 Å². The normalized spacial score (nSPS) is 21.5. The molecule has 1 aliphatic rings. The van der Waals surface area contributed by atoms with Gasteiger partial charge in [-0.3, -0.25) is 0 Å². The molecule has 106 valence electrons. The van der Waals surface area contributed by atoms with Crippen LogP contribution < -0.4 is 5.73 Å². The van der Waals surface area contributed by atoms with Crippen LogP contribution in [0.2, 0.25) is 5.02 Å². The Morgan fingerprint density at radius 2 is 2.16 bits per heavy atom. The van der Waals surface area contributed by atoms with E-state index in [0.29, 0.717) is 36.0 Å². The number of sulfonamides is 1. The zero-order chi connectivity index (χ0) is 14.2. The van der Waals surface area contributed by atoms with Gasteiger partial charge in [0.05, 0.1) is 18.1 Å². The third-order valence-electron chi connectivity index (χ3n) is 3.27. The summed E-state index contributed by atoms with van der Waals surface area (Å²) in [4.78, 5) is 0.134. The molecule has 0 bridgehead atoms. The van der Waals surface area contributed by atoms with Crippen molar-refractivity contribution in [3.05, 3.63) is 22.7 Å². The van der Waals surface area contributed by atoms with Crippen molar-refractivity contribution >= 4 is 27.3 Å². The van der Waals surface area contributed by atoms with Gasteiger partial charge < -0.3 is 10.5 Å². The zero-order valence-corrected chi connectivity index (χ0v) is 12.5. The molecule has 1 aromatic rings. The lowest BCUT2D eigenvalue weighted by atomic mass is 10.2. The largest absolute Gasteiger partial charge is 0.398 e. The van der Waals surface area contributed by atoms with Crippen LogP contribution in [0.25, 0.3) is 0 Å². The van der Waals surface area contributed by atoms with Gasteiger partial charge in [-0.25, -0.2) is 8.42 Å². The minimum Gasteiger partial charge on any atom is -0.398 e. The van der Waals surface area contributed by atoms with Crippen LogP contribution in [0, 0.1) is 6.92 Å². The summed E-state index contributed by atoms with van der Waals surface area (Å²) in [5.41, 5.74) is 6.86. The molecule has 0 aliphatic carbocycles. The minimum atomic E-state index is -3.58. The summed E-state index contributed by atoms with van der Waals surface area (Å²) >= 11 is 6.01. The Balaban J connectivity index is 2.44. The number of benzene rings is 1. The van der Waals surface area contributed by atoms with Crippen LogP contribution in [0.15, 0.2) is 17.0 Å². The molecule has 0 amide bonds. The number of nitrogen functional groups attached to an aromatic ring is 1. The molecule has 0 radical (unpaired) electrons. The molecule has 19 heavy (non-hydrogen) atoms. The maximum Gasteiger partial charge on any atom is 0.243 e. The van der Waals surface area contributed by atoms with Gasteiger partial charge >= 0.3 is 0 Å². The van der Waals surface area contributed by atoms with E-state index in [2.05, 4.69) is 0 Å². The van der Waals surface area contributed by atoms with E-state index in [1.807, 2.05) is 6.92 Å². The summed E-state index contributed by atoms with van der Waals surface area (Å²) < 4.78 is 31.8. The number of rotatable bonds is 2. The Morgan fingerprint density at radius 3 is 2.74 bits per heavy atom. The highest BCUT2D eigenvalue weighted by atomic mass is 35.5. The van der Waals surface area contributed by atoms with E-state index in [9.17, 15) is 8.42 Å². The molecular formula is C12H17ClN2O3S. The second-order valence-corrected chi connectivity index (χ2v) is 6.96. The summed E-state index contributed by atoms with van der Waals surface area (Å²) in [6, 6.07) is 2.71. The lowest BCUT2D eigenvalue weighted by molar-refractivity contribution is 0.0393. The summed E-state index contributed by atoms with van der Waals surface area (Å²) in [5.74, 6) is 0. The van der Waals surface area contributed by atoms with Crippen molar-refractivity contribution in [2.45, 2.75) is 24.8 Å². The molecule has 1 aliphatic heterocycles. The summed E-state index contributed by atoms with van der Waals surface area (Å²) in [5, 5.41) is 0.361. The average molecular weight is 305 g/mol. The molecule has 2 N–H and O–H groups in total. The standard InChI is InChI=1S/C12H17ClN2O3S/c1-8-7-18-4-3-15(8)19(16,17)10-5-11(13)9(2)12(14)6-10/h5-6,8H,3-4,7,14H2,1-2H3/t8-/m1/s1. The van der Waals surface area contributed by atoms with E-state index in [0.717, 1.165) is 0 Å². The van der Waals surface area contributed by atoms with E-state index < -0.39 is 10.0 Å². The highest BCUT2D eigenvalue weighted by Crippen LogP contribution is 2.29. The first-order valence-electron chi connectivity index (χ1n) is 5.99. The van der Waals surface area contributed by atoms with Gasteiger partial charge in [0.15, 0.2) is 0 Å². The molecule has 1 atom stereocenters. The second kappa shape index (κ2) is 5.28. The monoisotopic (exact) mass is 304 g/mol. The van der Waals surface area contributed by atoms with E-state index in [4.69, 9.17) is 22.1 Å². The molecule has 0 unspecified atom stereocenters. The predicted octanol–water partition coefficient (Wildman–Crippen LogP) is 1.64. The summed E-state index contributed by atoms with van der Waals surface area (Å²) in [7, 11) is -3.58. The fourth-order valence-electron chi connectivity index (χ4n) is 2.03. The summed E-state index contributed by atoms with van der Waals surface area (Å²) in [6.45, 7) is 4.71. The van der Waals surface area contributed by atoms with Crippen molar-refractivity contribution in [2.24, 2.45) is 0 Å². The first-order valence-corrected chi connectivity index (χ1v) is 7.81. The van der Waals surface area contributed by atoms with Gasteiger partial charge in [-0.15, -0.1) is 0 Å². The van der Waals surface area contributed by atoms with E-state index in [1.54, 1.807) is 6.92 Å². The molecule has 7 heteroatoms. The van der Waals surface area contributed by atoms with Crippen LogP contribution in [0.4, 0.5) is 5.69 Å². The number of hydrogen-bond acceptors (Lipinski definition) is 4. The molecule has 1 aromatic carbocycles. The van der Waals surface area contributed by atoms with Crippen molar-refractivity contribution < 1.29 is 13.2 Å². The molecule has 1 fully saturated rings. The zero-order valence-electron chi connectivity index (χ0n) is 10.9. The number of ether oxygens (including phenoxy) is 1. The van der Waals surface area contributed by atoms with Gasteiger partial charge in [0, 0.05) is 23.3 Å². The van der Waals surface area contributed by atoms with Gasteiger partial charge in [-0.1, -0.05) is 11.6 Å². The van der Waals surface area contributed by atoms with Crippen molar-refractivity contribution in [3.8, 4) is 0 Å². The number of hydrogen-bond donors (Lipinski definition) is 1. The Kier molecular flexibility index (Phi) is 4.06. The van der Waals surface area contributed by atoms with E-state index >= 15 is 0 Å². The Labute approximate surface area is 118 Å². The third-order valence-corrected chi connectivity index (χ3v) is 5.66. The number of nitrogens with zero attached hydrogens (tertiary/aromatic N) is 1. The van der Waals surface area contributed by atoms with E-state index in [-0.39, 0.29) is 10.9 Å². The maximum absolute atomic E-state index is 12.6. The lowest BCUT2D eigenvalue weighted by Crippen LogP contribution is -2.46. The minimum absolute atomic E-state index is 0.134. The number of anilines is 1. The van der Waals surface area contributed by atoms with Crippen LogP contribution in [0.5, 0.6) is 0 Å². The molecule has 1 saturated heterocycles. The third kappa shape index (κ3) is 2.72.